The van der Waals surface area contributed by atoms with Crippen LogP contribution in [0.1, 0.15) is 32.1 Å². The van der Waals surface area contributed by atoms with Gasteiger partial charge in [0.25, 0.3) is 0 Å². The first-order valence-corrected chi connectivity index (χ1v) is 7.45. The summed E-state index contributed by atoms with van der Waals surface area (Å²) in [6.45, 7) is -1.95. The molecule has 1 unspecified atom stereocenters. The fraction of sp³-hybridized carbons (Fsp3) is 0.786. The summed E-state index contributed by atoms with van der Waals surface area (Å²) in [7, 11) is 0. The number of nitrogens with zero attached hydrogens (tertiary/aromatic N) is 1. The lowest BCUT2D eigenvalue weighted by Gasteiger charge is -2.28. The molecule has 0 aromatic carbocycles. The normalized spacial score (nSPS) is 17.0. The van der Waals surface area contributed by atoms with Crippen molar-refractivity contribution in [3.05, 3.63) is 0 Å². The number of rotatable bonds is 6. The van der Waals surface area contributed by atoms with E-state index in [2.05, 4.69) is 5.32 Å². The van der Waals surface area contributed by atoms with Crippen molar-refractivity contribution in [2.75, 3.05) is 19.7 Å². The van der Waals surface area contributed by atoms with E-state index in [9.17, 15) is 22.8 Å². The third-order valence-electron chi connectivity index (χ3n) is 3.72. The van der Waals surface area contributed by atoms with Crippen LogP contribution >= 0.6 is 0 Å². The third-order valence-corrected chi connectivity index (χ3v) is 3.72. The first-order valence-electron chi connectivity index (χ1n) is 7.45. The Balaban J connectivity index is 2.53. The Bertz CT molecular complexity index is 443. The van der Waals surface area contributed by atoms with Crippen LogP contribution in [0.3, 0.4) is 0 Å². The molecule has 1 fully saturated rings. The molecule has 1 aliphatic rings. The van der Waals surface area contributed by atoms with Crippen molar-refractivity contribution in [1.29, 1.82) is 5.26 Å². The number of halogens is 3. The van der Waals surface area contributed by atoms with Crippen molar-refractivity contribution in [2.24, 2.45) is 11.8 Å². The van der Waals surface area contributed by atoms with Gasteiger partial charge in [0, 0.05) is 0 Å². The molecule has 1 atom stereocenters. The number of hydrogen-bond donors (Lipinski definition) is 2. The van der Waals surface area contributed by atoms with Gasteiger partial charge in [-0.15, -0.1) is 0 Å². The summed E-state index contributed by atoms with van der Waals surface area (Å²) in [6, 6.07) is 1.78. The standard InChI is InChI=1S/C14H20F3N3O3/c15-14(16,17)9-20-13(22)23-8-11(12(21)19-7-6-18)10-4-2-1-3-5-10/h10-11H,1-5,7-9H2,(H,19,21)(H,20,22). The van der Waals surface area contributed by atoms with Crippen LogP contribution in [0.2, 0.25) is 0 Å². The Labute approximate surface area is 132 Å². The molecule has 9 heteroatoms. The molecule has 1 rings (SSSR count). The zero-order valence-electron chi connectivity index (χ0n) is 12.6. The van der Waals surface area contributed by atoms with Crippen LogP contribution < -0.4 is 10.6 Å². The van der Waals surface area contributed by atoms with Crippen LogP contribution in [0.5, 0.6) is 0 Å². The number of hydrogen-bond acceptors (Lipinski definition) is 4. The van der Waals surface area contributed by atoms with Gasteiger partial charge in [-0.05, 0) is 18.8 Å². The van der Waals surface area contributed by atoms with Gasteiger partial charge in [0.15, 0.2) is 0 Å². The number of amides is 2. The first-order chi connectivity index (χ1) is 10.8. The van der Waals surface area contributed by atoms with Crippen molar-refractivity contribution < 1.29 is 27.5 Å². The van der Waals surface area contributed by atoms with Gasteiger partial charge >= 0.3 is 12.3 Å². The first kappa shape index (κ1) is 19.1. The highest BCUT2D eigenvalue weighted by atomic mass is 19.4. The molecular weight excluding hydrogens is 315 g/mol. The van der Waals surface area contributed by atoms with Gasteiger partial charge in [-0.2, -0.15) is 18.4 Å². The van der Waals surface area contributed by atoms with Gasteiger partial charge in [-0.1, -0.05) is 19.3 Å². The maximum absolute atomic E-state index is 12.1. The lowest BCUT2D eigenvalue weighted by molar-refractivity contribution is -0.129. The van der Waals surface area contributed by atoms with Gasteiger partial charge in [0.1, 0.15) is 19.7 Å². The SMILES string of the molecule is N#CCNC(=O)C(COC(=O)NCC(F)(F)F)C1CCCCC1. The summed E-state index contributed by atoms with van der Waals surface area (Å²) >= 11 is 0. The molecule has 0 spiro atoms. The predicted molar refractivity (Wildman–Crippen MR) is 74.1 cm³/mol. The fourth-order valence-electron chi connectivity index (χ4n) is 2.61. The second kappa shape index (κ2) is 9.22. The lowest BCUT2D eigenvalue weighted by Crippen LogP contribution is -2.41. The third kappa shape index (κ3) is 7.72. The maximum Gasteiger partial charge on any atom is 0.407 e. The van der Waals surface area contributed by atoms with Crippen LogP contribution in [0.15, 0.2) is 0 Å². The molecule has 2 N–H and O–H groups in total. The van der Waals surface area contributed by atoms with E-state index >= 15 is 0 Å². The zero-order valence-corrected chi connectivity index (χ0v) is 12.6. The minimum Gasteiger partial charge on any atom is -0.449 e. The quantitative estimate of drug-likeness (QED) is 0.727. The number of alkyl halides is 3. The molecule has 0 heterocycles. The van der Waals surface area contributed by atoms with E-state index in [1.165, 1.54) is 0 Å². The highest BCUT2D eigenvalue weighted by Crippen LogP contribution is 2.30. The molecule has 0 aliphatic heterocycles. The molecule has 0 bridgehead atoms. The van der Waals surface area contributed by atoms with E-state index in [0.29, 0.717) is 0 Å². The summed E-state index contributed by atoms with van der Waals surface area (Å²) in [4.78, 5) is 23.4. The Kier molecular flexibility index (Phi) is 7.65. The Morgan fingerprint density at radius 1 is 1.22 bits per heavy atom. The molecule has 0 aromatic heterocycles. The number of ether oxygens (including phenoxy) is 1. The van der Waals surface area contributed by atoms with E-state index < -0.39 is 30.6 Å². The van der Waals surface area contributed by atoms with Gasteiger partial charge in [0.05, 0.1) is 12.0 Å². The van der Waals surface area contributed by atoms with Gasteiger partial charge < -0.3 is 15.4 Å². The van der Waals surface area contributed by atoms with Crippen molar-refractivity contribution in [3.8, 4) is 6.07 Å². The smallest absolute Gasteiger partial charge is 0.407 e. The van der Waals surface area contributed by atoms with Crippen LogP contribution in [0, 0.1) is 23.2 Å². The van der Waals surface area contributed by atoms with E-state index in [4.69, 9.17) is 10.00 Å². The zero-order chi connectivity index (χ0) is 17.3. The molecule has 6 nitrogen and oxygen atoms in total. The lowest BCUT2D eigenvalue weighted by atomic mass is 9.80. The molecule has 0 radical (unpaired) electrons. The largest absolute Gasteiger partial charge is 0.449 e. The minimum atomic E-state index is -4.52. The predicted octanol–water partition coefficient (Wildman–Crippen LogP) is 2.11. The summed E-state index contributed by atoms with van der Waals surface area (Å²) in [5.41, 5.74) is 0. The Morgan fingerprint density at radius 3 is 2.43 bits per heavy atom. The molecule has 130 valence electrons. The maximum atomic E-state index is 12.1. The molecular formula is C14H20F3N3O3. The van der Waals surface area contributed by atoms with Crippen molar-refractivity contribution in [2.45, 2.75) is 38.3 Å². The molecule has 0 aromatic rings. The molecule has 0 saturated heterocycles. The number of nitrogens with one attached hydrogen (secondary N) is 2. The number of alkyl carbamates (subject to hydrolysis) is 1. The topological polar surface area (TPSA) is 91.2 Å². The van der Waals surface area contributed by atoms with E-state index in [1.54, 1.807) is 11.4 Å². The highest BCUT2D eigenvalue weighted by molar-refractivity contribution is 5.79. The number of carbonyl (C=O) groups is 2. The molecule has 1 saturated carbocycles. The fourth-order valence-corrected chi connectivity index (χ4v) is 2.61. The summed E-state index contributed by atoms with van der Waals surface area (Å²) in [6.07, 6.45) is -1.19. The van der Waals surface area contributed by atoms with Crippen LogP contribution in [-0.2, 0) is 9.53 Å². The second-order valence-electron chi connectivity index (χ2n) is 5.45. The summed E-state index contributed by atoms with van der Waals surface area (Å²) < 4.78 is 40.8. The average molecular weight is 335 g/mol. The summed E-state index contributed by atoms with van der Waals surface area (Å²) in [5, 5.41) is 12.5. The Morgan fingerprint density at radius 2 is 1.87 bits per heavy atom. The van der Waals surface area contributed by atoms with E-state index in [1.807, 2.05) is 0 Å². The van der Waals surface area contributed by atoms with Crippen molar-refractivity contribution in [1.82, 2.24) is 10.6 Å². The van der Waals surface area contributed by atoms with E-state index in [-0.39, 0.29) is 19.1 Å². The second-order valence-corrected chi connectivity index (χ2v) is 5.45. The van der Waals surface area contributed by atoms with E-state index in [0.717, 1.165) is 32.1 Å². The van der Waals surface area contributed by atoms with Crippen molar-refractivity contribution in [3.63, 3.8) is 0 Å². The molecule has 2 amide bonds. The van der Waals surface area contributed by atoms with Gasteiger partial charge in [-0.3, -0.25) is 4.79 Å². The van der Waals surface area contributed by atoms with Gasteiger partial charge in [0.2, 0.25) is 5.91 Å². The highest BCUT2D eigenvalue weighted by Gasteiger charge is 2.32. The van der Waals surface area contributed by atoms with Crippen molar-refractivity contribution >= 4 is 12.0 Å². The van der Waals surface area contributed by atoms with Gasteiger partial charge in [-0.25, -0.2) is 4.79 Å². The monoisotopic (exact) mass is 335 g/mol. The van der Waals surface area contributed by atoms with Crippen LogP contribution in [0.25, 0.3) is 0 Å². The number of nitriles is 1. The molecule has 1 aliphatic carbocycles. The average Bonchev–Trinajstić information content (AvgIpc) is 2.51. The minimum absolute atomic E-state index is 0.00198. The Hall–Kier alpha value is -1.98. The number of carbonyl (C=O) groups excluding carboxylic acids is 2. The van der Waals surface area contributed by atoms with Crippen LogP contribution in [-0.4, -0.2) is 37.9 Å². The van der Waals surface area contributed by atoms with Crippen LogP contribution in [0.4, 0.5) is 18.0 Å². The summed E-state index contributed by atoms with van der Waals surface area (Å²) in [5.74, 6) is -1.07. The molecule has 23 heavy (non-hydrogen) atoms.